The van der Waals surface area contributed by atoms with E-state index in [9.17, 15) is 13.2 Å². The summed E-state index contributed by atoms with van der Waals surface area (Å²) in [5, 5.41) is 3.33. The Morgan fingerprint density at radius 1 is 1.15 bits per heavy atom. The van der Waals surface area contributed by atoms with Gasteiger partial charge in [0.2, 0.25) is 0 Å². The van der Waals surface area contributed by atoms with Gasteiger partial charge in [-0.2, -0.15) is 0 Å². The lowest BCUT2D eigenvalue weighted by molar-refractivity contribution is 0.113. The molecular formula is C25H30N4O4S. The van der Waals surface area contributed by atoms with E-state index in [4.69, 9.17) is 4.74 Å². The quantitative estimate of drug-likeness (QED) is 0.655. The van der Waals surface area contributed by atoms with Gasteiger partial charge in [-0.05, 0) is 55.4 Å². The average Bonchev–Trinajstić information content (AvgIpc) is 2.83. The third-order valence-electron chi connectivity index (χ3n) is 6.12. The van der Waals surface area contributed by atoms with Gasteiger partial charge in [0.15, 0.2) is 9.84 Å². The van der Waals surface area contributed by atoms with E-state index in [2.05, 4.69) is 22.2 Å². The molecular weight excluding hydrogens is 452 g/mol. The Morgan fingerprint density at radius 3 is 2.50 bits per heavy atom. The molecule has 2 aliphatic rings. The molecule has 1 fully saturated rings. The summed E-state index contributed by atoms with van der Waals surface area (Å²) >= 11 is 0. The van der Waals surface area contributed by atoms with Gasteiger partial charge in [-0.3, -0.25) is 4.98 Å². The molecule has 8 nitrogen and oxygen atoms in total. The molecule has 34 heavy (non-hydrogen) atoms. The first-order valence-electron chi connectivity index (χ1n) is 11.5. The SMILES string of the molecule is CC1C=C(OC(=O)N2CCC(CNc3cnc(-c4ccc(S(C)(=O)=O)cc4)cn3)CC2)C=CC1. The van der Waals surface area contributed by atoms with Crippen molar-refractivity contribution in [3.05, 3.63) is 60.6 Å². The van der Waals surface area contributed by atoms with Gasteiger partial charge < -0.3 is 15.0 Å². The van der Waals surface area contributed by atoms with Crippen LogP contribution in [-0.4, -0.2) is 55.3 Å². The number of nitrogens with zero attached hydrogens (tertiary/aromatic N) is 3. The summed E-state index contributed by atoms with van der Waals surface area (Å²) in [4.78, 5) is 23.4. The van der Waals surface area contributed by atoms with Crippen LogP contribution in [0.5, 0.6) is 0 Å². The number of piperidine rings is 1. The summed E-state index contributed by atoms with van der Waals surface area (Å²) in [6.07, 6.45) is 12.9. The zero-order chi connectivity index (χ0) is 24.1. The molecule has 4 rings (SSSR count). The van der Waals surface area contributed by atoms with Gasteiger partial charge in [0.1, 0.15) is 11.6 Å². The second-order valence-corrected chi connectivity index (χ2v) is 11.0. The molecule has 0 spiro atoms. The fraction of sp³-hybridized carbons (Fsp3) is 0.400. The van der Waals surface area contributed by atoms with Crippen LogP contribution in [-0.2, 0) is 14.6 Å². The molecule has 1 aliphatic carbocycles. The minimum absolute atomic E-state index is 0.276. The van der Waals surface area contributed by atoms with Crippen molar-refractivity contribution in [1.29, 1.82) is 0 Å². The molecule has 1 amide bonds. The van der Waals surface area contributed by atoms with E-state index < -0.39 is 9.84 Å². The monoisotopic (exact) mass is 482 g/mol. The van der Waals surface area contributed by atoms with Gasteiger partial charge in [0.05, 0.1) is 23.0 Å². The van der Waals surface area contributed by atoms with Crippen LogP contribution in [0.25, 0.3) is 11.3 Å². The molecule has 1 aromatic heterocycles. The summed E-state index contributed by atoms with van der Waals surface area (Å²) in [6, 6.07) is 6.61. The molecule has 180 valence electrons. The van der Waals surface area contributed by atoms with Gasteiger partial charge >= 0.3 is 6.09 Å². The van der Waals surface area contributed by atoms with Gasteiger partial charge in [-0.15, -0.1) is 0 Å². The molecule has 0 saturated carbocycles. The van der Waals surface area contributed by atoms with Crippen LogP contribution in [0, 0.1) is 11.8 Å². The molecule has 1 saturated heterocycles. The fourth-order valence-corrected chi connectivity index (χ4v) is 4.68. The fourth-order valence-electron chi connectivity index (χ4n) is 4.05. The number of allylic oxidation sites excluding steroid dienone is 3. The number of aromatic nitrogens is 2. The van der Waals surface area contributed by atoms with Crippen LogP contribution in [0.3, 0.4) is 0 Å². The zero-order valence-corrected chi connectivity index (χ0v) is 20.3. The number of sulfone groups is 1. The van der Waals surface area contributed by atoms with E-state index in [0.29, 0.717) is 42.2 Å². The normalized spacial score (nSPS) is 18.9. The Balaban J connectivity index is 1.23. The number of hydrogen-bond acceptors (Lipinski definition) is 7. The van der Waals surface area contributed by atoms with E-state index in [1.165, 1.54) is 6.26 Å². The summed E-state index contributed by atoms with van der Waals surface area (Å²) in [6.45, 7) is 4.20. The van der Waals surface area contributed by atoms with Gasteiger partial charge in [-0.1, -0.05) is 25.1 Å². The van der Waals surface area contributed by atoms with Gasteiger partial charge in [0, 0.05) is 31.5 Å². The smallest absolute Gasteiger partial charge is 0.411 e. The minimum Gasteiger partial charge on any atom is -0.411 e. The number of carbonyl (C=O) groups excluding carboxylic acids is 1. The molecule has 1 aliphatic heterocycles. The highest BCUT2D eigenvalue weighted by Gasteiger charge is 2.24. The van der Waals surface area contributed by atoms with Gasteiger partial charge in [-0.25, -0.2) is 18.2 Å². The summed E-state index contributed by atoms with van der Waals surface area (Å²) in [7, 11) is -3.22. The summed E-state index contributed by atoms with van der Waals surface area (Å²) in [5.74, 6) is 2.15. The third-order valence-corrected chi connectivity index (χ3v) is 7.25. The number of amides is 1. The van der Waals surface area contributed by atoms with Crippen LogP contribution >= 0.6 is 0 Å². The molecule has 0 bridgehead atoms. The van der Waals surface area contributed by atoms with E-state index in [1.54, 1.807) is 41.6 Å². The molecule has 9 heteroatoms. The Kier molecular flexibility index (Phi) is 7.31. The maximum Gasteiger partial charge on any atom is 0.415 e. The Hall–Kier alpha value is -3.20. The standard InChI is InChI=1S/C25H30N4O4S/c1-18-4-3-5-21(14-18)33-25(30)29-12-10-19(11-13-29)15-27-24-17-26-23(16-28-24)20-6-8-22(9-7-20)34(2,31)32/h3,5-9,14,16-19H,4,10-13,15H2,1-2H3,(H,27,28). The Morgan fingerprint density at radius 2 is 1.88 bits per heavy atom. The van der Waals surface area contributed by atoms with Crippen molar-refractivity contribution in [2.75, 3.05) is 31.2 Å². The van der Waals surface area contributed by atoms with Crippen molar-refractivity contribution in [3.8, 4) is 11.3 Å². The number of hydrogen-bond donors (Lipinski definition) is 1. The number of nitrogens with one attached hydrogen (secondary N) is 1. The minimum atomic E-state index is -3.22. The third kappa shape index (κ3) is 6.22. The molecule has 1 atom stereocenters. The maximum absolute atomic E-state index is 12.4. The number of benzene rings is 1. The van der Waals surface area contributed by atoms with E-state index in [1.807, 2.05) is 18.2 Å². The predicted molar refractivity (Wildman–Crippen MR) is 131 cm³/mol. The number of anilines is 1. The van der Waals surface area contributed by atoms with Gasteiger partial charge in [0.25, 0.3) is 0 Å². The highest BCUT2D eigenvalue weighted by molar-refractivity contribution is 7.90. The Bertz CT molecular complexity index is 1170. The summed E-state index contributed by atoms with van der Waals surface area (Å²) < 4.78 is 28.7. The highest BCUT2D eigenvalue weighted by Crippen LogP contribution is 2.23. The van der Waals surface area contributed by atoms with Crippen molar-refractivity contribution < 1.29 is 17.9 Å². The first-order chi connectivity index (χ1) is 16.3. The van der Waals surface area contributed by atoms with Crippen molar-refractivity contribution >= 4 is 21.7 Å². The number of likely N-dealkylation sites (tertiary alicyclic amines) is 1. The second-order valence-electron chi connectivity index (χ2n) is 8.95. The largest absolute Gasteiger partial charge is 0.415 e. The van der Waals surface area contributed by atoms with Crippen LogP contribution in [0.2, 0.25) is 0 Å². The molecule has 1 aromatic carbocycles. The van der Waals surface area contributed by atoms with Crippen LogP contribution in [0.15, 0.2) is 65.5 Å². The average molecular weight is 483 g/mol. The maximum atomic E-state index is 12.4. The van der Waals surface area contributed by atoms with Crippen LogP contribution in [0.4, 0.5) is 10.6 Å². The Labute approximate surface area is 200 Å². The zero-order valence-electron chi connectivity index (χ0n) is 19.5. The highest BCUT2D eigenvalue weighted by atomic mass is 32.2. The van der Waals surface area contributed by atoms with E-state index >= 15 is 0 Å². The predicted octanol–water partition coefficient (Wildman–Crippen LogP) is 4.29. The molecule has 2 heterocycles. The molecule has 1 unspecified atom stereocenters. The lowest BCUT2D eigenvalue weighted by atomic mass is 9.97. The number of rotatable bonds is 6. The number of ether oxygens (including phenoxy) is 1. The topological polar surface area (TPSA) is 101 Å². The molecule has 0 radical (unpaired) electrons. The van der Waals surface area contributed by atoms with E-state index in [0.717, 1.165) is 31.4 Å². The van der Waals surface area contributed by atoms with Crippen molar-refractivity contribution in [2.45, 2.75) is 31.1 Å². The molecule has 2 aromatic rings. The van der Waals surface area contributed by atoms with Crippen LogP contribution < -0.4 is 5.32 Å². The van der Waals surface area contributed by atoms with Crippen molar-refractivity contribution in [2.24, 2.45) is 11.8 Å². The molecule has 1 N–H and O–H groups in total. The van der Waals surface area contributed by atoms with E-state index in [-0.39, 0.29) is 11.0 Å². The van der Waals surface area contributed by atoms with Crippen molar-refractivity contribution in [3.63, 3.8) is 0 Å². The first-order valence-corrected chi connectivity index (χ1v) is 13.4. The second kappa shape index (κ2) is 10.4. The lowest BCUT2D eigenvalue weighted by Gasteiger charge is -2.31. The first kappa shape index (κ1) is 23.9. The van der Waals surface area contributed by atoms with Crippen LogP contribution in [0.1, 0.15) is 26.2 Å². The number of carbonyl (C=O) groups is 1. The van der Waals surface area contributed by atoms with Crippen molar-refractivity contribution in [1.82, 2.24) is 14.9 Å². The lowest BCUT2D eigenvalue weighted by Crippen LogP contribution is -2.40. The summed E-state index contributed by atoms with van der Waals surface area (Å²) in [5.41, 5.74) is 1.48.